The Labute approximate surface area is 127 Å². The third-order valence-corrected chi connectivity index (χ3v) is 4.18. The number of hydrogen-bond acceptors (Lipinski definition) is 4. The molecule has 0 spiro atoms. The van der Waals surface area contributed by atoms with E-state index in [1.54, 1.807) is 6.20 Å². The number of aromatic nitrogens is 3. The van der Waals surface area contributed by atoms with Gasteiger partial charge in [0.2, 0.25) is 0 Å². The third kappa shape index (κ3) is 2.88. The number of nitrogens with one attached hydrogen (secondary N) is 1. The van der Waals surface area contributed by atoms with E-state index in [9.17, 15) is 0 Å². The molecule has 104 valence electrons. The normalized spacial score (nSPS) is 14.6. The minimum absolute atomic E-state index is 0.683. The van der Waals surface area contributed by atoms with Crippen molar-refractivity contribution in [3.8, 4) is 11.5 Å². The summed E-state index contributed by atoms with van der Waals surface area (Å²) in [5.41, 5.74) is 4.05. The molecule has 2 aromatic heterocycles. The average Bonchev–Trinajstić information content (AvgIpc) is 3.22. The first kappa shape index (κ1) is 13.6. The zero-order valence-electron chi connectivity index (χ0n) is 11.7. The number of aryl methyl sites for hydroxylation is 2. The van der Waals surface area contributed by atoms with E-state index in [-0.39, 0.29) is 0 Å². The molecule has 0 unspecified atom stereocenters. The summed E-state index contributed by atoms with van der Waals surface area (Å²) < 4.78 is 0.919. The van der Waals surface area contributed by atoms with Crippen LogP contribution in [0.2, 0.25) is 0 Å². The Balaban J connectivity index is 1.92. The molecule has 20 heavy (non-hydrogen) atoms. The van der Waals surface area contributed by atoms with Crippen molar-refractivity contribution in [3.05, 3.63) is 39.8 Å². The molecular weight excluding hydrogens is 316 g/mol. The van der Waals surface area contributed by atoms with Crippen LogP contribution in [0, 0.1) is 13.8 Å². The highest BCUT2D eigenvalue weighted by Crippen LogP contribution is 2.25. The first-order valence-corrected chi connectivity index (χ1v) is 7.63. The molecule has 0 saturated heterocycles. The lowest BCUT2D eigenvalue weighted by atomic mass is 10.1. The molecule has 2 heterocycles. The summed E-state index contributed by atoms with van der Waals surface area (Å²) in [6, 6.07) is 4.54. The van der Waals surface area contributed by atoms with E-state index in [0.29, 0.717) is 11.9 Å². The van der Waals surface area contributed by atoms with Gasteiger partial charge in [0.05, 0.1) is 0 Å². The second-order valence-corrected chi connectivity index (χ2v) is 6.04. The standard InChI is InChI=1S/C15H17BrN4/c1-9-12(8-18-11-5-6-11)10(2)20-15(19-9)14-13(16)4-3-7-17-14/h3-4,7,11,18H,5-6,8H2,1-2H3. The van der Waals surface area contributed by atoms with E-state index >= 15 is 0 Å². The number of hydrogen-bond donors (Lipinski definition) is 1. The number of halogens is 1. The molecule has 2 aromatic rings. The van der Waals surface area contributed by atoms with Crippen molar-refractivity contribution in [1.82, 2.24) is 20.3 Å². The van der Waals surface area contributed by atoms with Gasteiger partial charge in [0.1, 0.15) is 5.69 Å². The summed E-state index contributed by atoms with van der Waals surface area (Å²) >= 11 is 3.50. The maximum Gasteiger partial charge on any atom is 0.179 e. The van der Waals surface area contributed by atoms with Crippen LogP contribution >= 0.6 is 15.9 Å². The van der Waals surface area contributed by atoms with Gasteiger partial charge in [-0.15, -0.1) is 0 Å². The van der Waals surface area contributed by atoms with E-state index in [2.05, 4.69) is 36.2 Å². The lowest BCUT2D eigenvalue weighted by molar-refractivity contribution is 0.675. The van der Waals surface area contributed by atoms with E-state index in [1.807, 2.05) is 26.0 Å². The highest BCUT2D eigenvalue weighted by Gasteiger charge is 2.21. The Hall–Kier alpha value is -1.33. The fraction of sp³-hybridized carbons (Fsp3) is 0.400. The molecule has 0 amide bonds. The molecular formula is C15H17BrN4. The lowest BCUT2D eigenvalue weighted by Crippen LogP contribution is -2.18. The Bertz CT molecular complexity index is 615. The second-order valence-electron chi connectivity index (χ2n) is 5.19. The summed E-state index contributed by atoms with van der Waals surface area (Å²) in [4.78, 5) is 13.6. The molecule has 4 nitrogen and oxygen atoms in total. The van der Waals surface area contributed by atoms with Crippen molar-refractivity contribution in [2.45, 2.75) is 39.3 Å². The first-order valence-electron chi connectivity index (χ1n) is 6.83. The lowest BCUT2D eigenvalue weighted by Gasteiger charge is -2.11. The van der Waals surface area contributed by atoms with Gasteiger partial charge in [-0.1, -0.05) is 0 Å². The molecule has 1 aliphatic carbocycles. The molecule has 0 aromatic carbocycles. The van der Waals surface area contributed by atoms with Gasteiger partial charge in [-0.2, -0.15) is 0 Å². The largest absolute Gasteiger partial charge is 0.310 e. The summed E-state index contributed by atoms with van der Waals surface area (Å²) in [5, 5.41) is 3.52. The van der Waals surface area contributed by atoms with Crippen molar-refractivity contribution in [3.63, 3.8) is 0 Å². The van der Waals surface area contributed by atoms with Gasteiger partial charge in [0.15, 0.2) is 5.82 Å². The van der Waals surface area contributed by atoms with Gasteiger partial charge in [-0.3, -0.25) is 4.98 Å². The molecule has 1 saturated carbocycles. The van der Waals surface area contributed by atoms with Crippen molar-refractivity contribution in [2.24, 2.45) is 0 Å². The Morgan fingerprint density at radius 2 is 1.95 bits per heavy atom. The topological polar surface area (TPSA) is 50.7 Å². The minimum atomic E-state index is 0.683. The van der Waals surface area contributed by atoms with Crippen LogP contribution in [0.5, 0.6) is 0 Å². The summed E-state index contributed by atoms with van der Waals surface area (Å²) in [5.74, 6) is 0.683. The van der Waals surface area contributed by atoms with Crippen LogP contribution in [-0.2, 0) is 6.54 Å². The van der Waals surface area contributed by atoms with Crippen LogP contribution in [0.1, 0.15) is 29.8 Å². The van der Waals surface area contributed by atoms with Gasteiger partial charge < -0.3 is 5.32 Å². The zero-order valence-corrected chi connectivity index (χ0v) is 13.2. The molecule has 0 atom stereocenters. The van der Waals surface area contributed by atoms with Crippen molar-refractivity contribution < 1.29 is 0 Å². The fourth-order valence-corrected chi connectivity index (χ4v) is 2.62. The van der Waals surface area contributed by atoms with E-state index in [0.717, 1.165) is 28.1 Å². The monoisotopic (exact) mass is 332 g/mol. The number of nitrogens with zero attached hydrogens (tertiary/aromatic N) is 3. The van der Waals surface area contributed by atoms with Crippen LogP contribution in [-0.4, -0.2) is 21.0 Å². The van der Waals surface area contributed by atoms with Crippen LogP contribution in [0.25, 0.3) is 11.5 Å². The highest BCUT2D eigenvalue weighted by molar-refractivity contribution is 9.10. The van der Waals surface area contributed by atoms with Crippen molar-refractivity contribution >= 4 is 15.9 Å². The highest BCUT2D eigenvalue weighted by atomic mass is 79.9. The van der Waals surface area contributed by atoms with Crippen molar-refractivity contribution in [2.75, 3.05) is 0 Å². The molecule has 0 aliphatic heterocycles. The molecule has 1 fully saturated rings. The maximum atomic E-state index is 4.62. The second kappa shape index (κ2) is 5.58. The van der Waals surface area contributed by atoms with Gasteiger partial charge in [-0.05, 0) is 54.8 Å². The fourth-order valence-electron chi connectivity index (χ4n) is 2.19. The molecule has 0 radical (unpaired) electrons. The number of pyridine rings is 1. The molecule has 5 heteroatoms. The van der Waals surface area contributed by atoms with Gasteiger partial charge in [0.25, 0.3) is 0 Å². The number of rotatable bonds is 4. The smallest absolute Gasteiger partial charge is 0.179 e. The molecule has 1 N–H and O–H groups in total. The average molecular weight is 333 g/mol. The summed E-state index contributed by atoms with van der Waals surface area (Å²) in [6.07, 6.45) is 4.34. The Morgan fingerprint density at radius 3 is 2.55 bits per heavy atom. The van der Waals surface area contributed by atoms with Crippen LogP contribution in [0.4, 0.5) is 0 Å². The minimum Gasteiger partial charge on any atom is -0.310 e. The van der Waals surface area contributed by atoms with Gasteiger partial charge in [0, 0.05) is 40.2 Å². The zero-order chi connectivity index (χ0) is 14.1. The maximum absolute atomic E-state index is 4.62. The SMILES string of the molecule is Cc1nc(-c2ncccc2Br)nc(C)c1CNC1CC1. The van der Waals surface area contributed by atoms with Crippen LogP contribution in [0.15, 0.2) is 22.8 Å². The summed E-state index contributed by atoms with van der Waals surface area (Å²) in [6.45, 7) is 4.93. The molecule has 1 aliphatic rings. The quantitative estimate of drug-likeness (QED) is 0.934. The third-order valence-electron chi connectivity index (χ3n) is 3.54. The molecule has 3 rings (SSSR count). The van der Waals surface area contributed by atoms with Crippen LogP contribution < -0.4 is 5.32 Å². The van der Waals surface area contributed by atoms with Gasteiger partial charge in [-0.25, -0.2) is 9.97 Å². The predicted octanol–water partition coefficient (Wildman–Crippen LogP) is 3.17. The Morgan fingerprint density at radius 1 is 1.25 bits per heavy atom. The van der Waals surface area contributed by atoms with Crippen molar-refractivity contribution in [1.29, 1.82) is 0 Å². The summed E-state index contributed by atoms with van der Waals surface area (Å²) in [7, 11) is 0. The van der Waals surface area contributed by atoms with E-state index < -0.39 is 0 Å². The molecule has 0 bridgehead atoms. The first-order chi connectivity index (χ1) is 9.65. The Kier molecular flexibility index (Phi) is 3.81. The van der Waals surface area contributed by atoms with Gasteiger partial charge >= 0.3 is 0 Å². The predicted molar refractivity (Wildman–Crippen MR) is 82.3 cm³/mol. The van der Waals surface area contributed by atoms with Crippen LogP contribution in [0.3, 0.4) is 0 Å². The van der Waals surface area contributed by atoms with E-state index in [4.69, 9.17) is 0 Å². The van der Waals surface area contributed by atoms with E-state index in [1.165, 1.54) is 18.4 Å².